The SMILES string of the molecule is COC(=O)[C@@H]1[C@@H](CO)[C@@H]2Cn3c(ccc(-c4ccccc4)c3=O)[C@H]1N2CC1CCCC1. The Kier molecular flexibility index (Phi) is 5.44. The molecular formula is C25H30N2O4. The van der Waals surface area contributed by atoms with E-state index in [9.17, 15) is 14.7 Å². The molecule has 1 N–H and O–H groups in total. The Morgan fingerprint density at radius 3 is 2.55 bits per heavy atom. The van der Waals surface area contributed by atoms with E-state index in [1.54, 1.807) is 0 Å². The second kappa shape index (κ2) is 8.24. The third kappa shape index (κ3) is 3.33. The van der Waals surface area contributed by atoms with E-state index in [4.69, 9.17) is 4.74 Å². The number of rotatable bonds is 5. The highest BCUT2D eigenvalue weighted by molar-refractivity contribution is 5.75. The molecule has 6 heteroatoms. The van der Waals surface area contributed by atoms with Crippen LogP contribution < -0.4 is 5.56 Å². The molecule has 1 saturated heterocycles. The molecule has 4 atom stereocenters. The summed E-state index contributed by atoms with van der Waals surface area (Å²) in [6.45, 7) is 1.32. The molecule has 2 aliphatic heterocycles. The summed E-state index contributed by atoms with van der Waals surface area (Å²) in [5.41, 5.74) is 2.40. The van der Waals surface area contributed by atoms with Crippen molar-refractivity contribution in [2.75, 3.05) is 20.3 Å². The number of nitrogens with zero attached hydrogens (tertiary/aromatic N) is 2. The lowest BCUT2D eigenvalue weighted by molar-refractivity contribution is -0.148. The Morgan fingerprint density at radius 1 is 1.13 bits per heavy atom. The molecule has 2 bridgehead atoms. The second-order valence-corrected chi connectivity index (χ2v) is 9.21. The van der Waals surface area contributed by atoms with E-state index in [0.29, 0.717) is 18.0 Å². The fraction of sp³-hybridized carbons (Fsp3) is 0.520. The van der Waals surface area contributed by atoms with Gasteiger partial charge in [0.15, 0.2) is 0 Å². The van der Waals surface area contributed by atoms with E-state index in [0.717, 1.165) is 17.8 Å². The molecule has 1 aromatic heterocycles. The molecule has 1 aliphatic carbocycles. The number of carbonyl (C=O) groups is 1. The van der Waals surface area contributed by atoms with Gasteiger partial charge in [-0.3, -0.25) is 14.5 Å². The zero-order valence-corrected chi connectivity index (χ0v) is 17.9. The number of pyridine rings is 1. The molecule has 0 amide bonds. The number of benzene rings is 1. The van der Waals surface area contributed by atoms with Gasteiger partial charge in [-0.1, -0.05) is 43.2 Å². The zero-order valence-electron chi connectivity index (χ0n) is 17.9. The minimum absolute atomic E-state index is 0.0265. The van der Waals surface area contributed by atoms with E-state index in [1.165, 1.54) is 32.8 Å². The van der Waals surface area contributed by atoms with E-state index >= 15 is 0 Å². The summed E-state index contributed by atoms with van der Waals surface area (Å²) in [7, 11) is 1.41. The van der Waals surface area contributed by atoms with Crippen LogP contribution in [0.2, 0.25) is 0 Å². The summed E-state index contributed by atoms with van der Waals surface area (Å²) in [4.78, 5) is 28.7. The number of hydrogen-bond donors (Lipinski definition) is 1. The molecule has 164 valence electrons. The smallest absolute Gasteiger partial charge is 0.311 e. The molecule has 1 aromatic carbocycles. The van der Waals surface area contributed by atoms with Gasteiger partial charge in [-0.25, -0.2) is 0 Å². The van der Waals surface area contributed by atoms with Crippen LogP contribution >= 0.6 is 0 Å². The van der Waals surface area contributed by atoms with Crippen LogP contribution in [0.15, 0.2) is 47.3 Å². The van der Waals surface area contributed by atoms with Gasteiger partial charge in [0.25, 0.3) is 5.56 Å². The normalized spacial score (nSPS) is 27.9. The third-order valence-electron chi connectivity index (χ3n) is 7.67. The van der Waals surface area contributed by atoms with Gasteiger partial charge < -0.3 is 14.4 Å². The van der Waals surface area contributed by atoms with E-state index in [1.807, 2.05) is 47.0 Å². The molecule has 6 nitrogen and oxygen atoms in total. The topological polar surface area (TPSA) is 71.8 Å². The van der Waals surface area contributed by atoms with Crippen LogP contribution in [0.3, 0.4) is 0 Å². The molecule has 3 heterocycles. The predicted octanol–water partition coefficient (Wildman–Crippen LogP) is 2.84. The van der Waals surface area contributed by atoms with Crippen molar-refractivity contribution in [1.82, 2.24) is 9.47 Å². The van der Waals surface area contributed by atoms with Gasteiger partial charge in [0, 0.05) is 42.9 Å². The van der Waals surface area contributed by atoms with Crippen molar-refractivity contribution in [3.63, 3.8) is 0 Å². The minimum atomic E-state index is -0.461. The maximum absolute atomic E-state index is 13.5. The highest BCUT2D eigenvalue weighted by atomic mass is 16.5. The van der Waals surface area contributed by atoms with Gasteiger partial charge in [0.1, 0.15) is 0 Å². The maximum Gasteiger partial charge on any atom is 0.311 e. The van der Waals surface area contributed by atoms with Crippen LogP contribution in [-0.2, 0) is 16.1 Å². The van der Waals surface area contributed by atoms with Crippen LogP contribution in [0.25, 0.3) is 11.1 Å². The number of esters is 1. The number of aliphatic hydroxyl groups excluding tert-OH is 1. The summed E-state index contributed by atoms with van der Waals surface area (Å²) in [5.74, 6) is -0.380. The Bertz CT molecular complexity index is 1010. The van der Waals surface area contributed by atoms with Crippen molar-refractivity contribution in [3.8, 4) is 11.1 Å². The molecule has 3 aliphatic rings. The number of fused-ring (bicyclic) bond motifs is 4. The lowest BCUT2D eigenvalue weighted by Gasteiger charge is -2.39. The summed E-state index contributed by atoms with van der Waals surface area (Å²) in [6, 6.07) is 13.3. The van der Waals surface area contributed by atoms with Gasteiger partial charge in [0.05, 0.1) is 19.1 Å². The fourth-order valence-corrected chi connectivity index (χ4v) is 6.20. The first-order valence-corrected chi connectivity index (χ1v) is 11.4. The minimum Gasteiger partial charge on any atom is -0.469 e. The van der Waals surface area contributed by atoms with Crippen molar-refractivity contribution in [2.24, 2.45) is 17.8 Å². The van der Waals surface area contributed by atoms with E-state index in [-0.39, 0.29) is 36.1 Å². The molecule has 5 rings (SSSR count). The molecule has 31 heavy (non-hydrogen) atoms. The van der Waals surface area contributed by atoms with Gasteiger partial charge in [-0.15, -0.1) is 0 Å². The van der Waals surface area contributed by atoms with Crippen molar-refractivity contribution in [1.29, 1.82) is 0 Å². The van der Waals surface area contributed by atoms with Gasteiger partial charge in [-0.2, -0.15) is 0 Å². The van der Waals surface area contributed by atoms with Crippen LogP contribution in [-0.4, -0.2) is 46.8 Å². The fourth-order valence-electron chi connectivity index (χ4n) is 6.20. The Morgan fingerprint density at radius 2 is 1.87 bits per heavy atom. The molecule has 2 fully saturated rings. The predicted molar refractivity (Wildman–Crippen MR) is 117 cm³/mol. The Balaban J connectivity index is 1.60. The number of carbonyl (C=O) groups excluding carboxylic acids is 1. The van der Waals surface area contributed by atoms with Crippen LogP contribution in [0.4, 0.5) is 0 Å². The summed E-state index contributed by atoms with van der Waals surface area (Å²) >= 11 is 0. The molecule has 0 unspecified atom stereocenters. The summed E-state index contributed by atoms with van der Waals surface area (Å²) in [6.07, 6.45) is 4.94. The quantitative estimate of drug-likeness (QED) is 0.751. The van der Waals surface area contributed by atoms with Crippen LogP contribution in [0.5, 0.6) is 0 Å². The van der Waals surface area contributed by atoms with Crippen molar-refractivity contribution >= 4 is 5.97 Å². The number of aliphatic hydroxyl groups is 1. The Labute approximate surface area is 182 Å². The number of methoxy groups -OCH3 is 1. The van der Waals surface area contributed by atoms with Gasteiger partial charge in [0.2, 0.25) is 0 Å². The van der Waals surface area contributed by atoms with Crippen molar-refractivity contribution in [3.05, 3.63) is 58.5 Å². The number of ether oxygens (including phenoxy) is 1. The highest BCUT2D eigenvalue weighted by Crippen LogP contribution is 2.49. The number of hydrogen-bond acceptors (Lipinski definition) is 5. The monoisotopic (exact) mass is 422 g/mol. The highest BCUT2D eigenvalue weighted by Gasteiger charge is 2.56. The number of aromatic nitrogens is 1. The zero-order chi connectivity index (χ0) is 21.5. The molecule has 1 saturated carbocycles. The van der Waals surface area contributed by atoms with E-state index < -0.39 is 5.92 Å². The lowest BCUT2D eigenvalue weighted by Crippen LogP contribution is -2.48. The lowest BCUT2D eigenvalue weighted by atomic mass is 9.87. The van der Waals surface area contributed by atoms with Crippen LogP contribution in [0.1, 0.15) is 37.4 Å². The first kappa shape index (κ1) is 20.5. The first-order chi connectivity index (χ1) is 15.1. The average molecular weight is 423 g/mol. The Hall–Kier alpha value is -2.44. The third-order valence-corrected chi connectivity index (χ3v) is 7.67. The van der Waals surface area contributed by atoms with E-state index in [2.05, 4.69) is 4.90 Å². The van der Waals surface area contributed by atoms with Gasteiger partial charge in [-0.05, 0) is 36.5 Å². The molecular weight excluding hydrogens is 392 g/mol. The second-order valence-electron chi connectivity index (χ2n) is 9.21. The maximum atomic E-state index is 13.5. The standard InChI is InChI=1S/C25H30N2O4/c1-31-25(30)22-19(15-28)21-14-27-20(23(22)26(21)13-16-7-5-6-8-16)12-11-18(24(27)29)17-9-3-2-4-10-17/h2-4,9-12,16,19,21-23,28H,5-8,13-15H2,1H3/t19-,21-,22+,23+/m0/s1. The van der Waals surface area contributed by atoms with Gasteiger partial charge >= 0.3 is 5.97 Å². The summed E-state index contributed by atoms with van der Waals surface area (Å²) in [5, 5.41) is 10.3. The largest absolute Gasteiger partial charge is 0.469 e. The molecule has 2 aromatic rings. The molecule has 0 spiro atoms. The van der Waals surface area contributed by atoms with Crippen LogP contribution in [0, 0.1) is 17.8 Å². The molecule has 0 radical (unpaired) electrons. The van der Waals surface area contributed by atoms with Crippen molar-refractivity contribution < 1.29 is 14.6 Å². The first-order valence-electron chi connectivity index (χ1n) is 11.4. The van der Waals surface area contributed by atoms with Crippen molar-refractivity contribution in [2.45, 2.75) is 44.3 Å². The summed E-state index contributed by atoms with van der Waals surface area (Å²) < 4.78 is 7.01. The average Bonchev–Trinajstić information content (AvgIpc) is 3.38.